The molecule has 1 aliphatic rings. The van der Waals surface area contributed by atoms with E-state index in [9.17, 15) is 18.0 Å². The van der Waals surface area contributed by atoms with Gasteiger partial charge in [0.15, 0.2) is 0 Å². The number of carbonyl (C=O) groups excluding carboxylic acids is 2. The van der Waals surface area contributed by atoms with Crippen LogP contribution in [-0.2, 0) is 14.8 Å². The molecule has 1 saturated heterocycles. The topological polar surface area (TPSA) is 86.8 Å². The van der Waals surface area contributed by atoms with Crippen LogP contribution in [0.2, 0.25) is 0 Å². The number of nitrogens with zero attached hydrogens (tertiary/aromatic N) is 2. The Morgan fingerprint density at radius 2 is 1.91 bits per heavy atom. The summed E-state index contributed by atoms with van der Waals surface area (Å²) in [6.07, 6.45) is 0. The van der Waals surface area contributed by atoms with Crippen molar-refractivity contribution in [2.75, 3.05) is 37.2 Å². The molecule has 0 spiro atoms. The van der Waals surface area contributed by atoms with Crippen LogP contribution >= 0.6 is 0 Å². The lowest BCUT2D eigenvalue weighted by atomic mass is 10.1. The number of benzene rings is 1. The van der Waals surface area contributed by atoms with Crippen LogP contribution in [0.15, 0.2) is 24.3 Å². The molecule has 1 aromatic rings. The smallest absolute Gasteiger partial charge is 0.251 e. The summed E-state index contributed by atoms with van der Waals surface area (Å²) in [6.45, 7) is 2.83. The zero-order valence-corrected chi connectivity index (χ0v) is 14.3. The van der Waals surface area contributed by atoms with E-state index < -0.39 is 21.8 Å². The lowest BCUT2D eigenvalue weighted by molar-refractivity contribution is -0.119. The van der Waals surface area contributed by atoms with E-state index in [1.54, 1.807) is 6.92 Å². The summed E-state index contributed by atoms with van der Waals surface area (Å²) in [7, 11) is 0.207. The van der Waals surface area contributed by atoms with Gasteiger partial charge in [-0.3, -0.25) is 9.59 Å². The van der Waals surface area contributed by atoms with Gasteiger partial charge in [0, 0.05) is 18.7 Å². The van der Waals surface area contributed by atoms with Crippen molar-refractivity contribution in [2.45, 2.75) is 6.92 Å². The first-order valence-corrected chi connectivity index (χ1v) is 8.93. The van der Waals surface area contributed by atoms with Gasteiger partial charge in [-0.2, -0.15) is 0 Å². The Bertz CT molecular complexity index is 698. The standard InChI is InChI=1S/C15H21N3O4S/c1-11-10-23(21,22)18(15(11)20)13-6-4-12(5-7-13)14(19)16-8-9-17(2)3/h4-7,11H,8-10H2,1-3H3,(H,16,19)/t11-/m1/s1. The molecule has 1 heterocycles. The van der Waals surface area contributed by atoms with Gasteiger partial charge in [-0.05, 0) is 38.4 Å². The van der Waals surface area contributed by atoms with Crippen LogP contribution in [0.1, 0.15) is 17.3 Å². The highest BCUT2D eigenvalue weighted by Crippen LogP contribution is 2.28. The van der Waals surface area contributed by atoms with Crippen LogP contribution in [0.3, 0.4) is 0 Å². The number of carbonyl (C=O) groups is 2. The number of hydrogen-bond donors (Lipinski definition) is 1. The van der Waals surface area contributed by atoms with Crippen molar-refractivity contribution in [2.24, 2.45) is 5.92 Å². The van der Waals surface area contributed by atoms with E-state index in [-0.39, 0.29) is 17.3 Å². The molecule has 23 heavy (non-hydrogen) atoms. The molecular formula is C15H21N3O4S. The van der Waals surface area contributed by atoms with Crippen molar-refractivity contribution in [1.82, 2.24) is 10.2 Å². The third-order valence-corrected chi connectivity index (χ3v) is 5.44. The largest absolute Gasteiger partial charge is 0.351 e. The molecule has 1 fully saturated rings. The summed E-state index contributed by atoms with van der Waals surface area (Å²) in [4.78, 5) is 25.9. The Morgan fingerprint density at radius 1 is 1.30 bits per heavy atom. The van der Waals surface area contributed by atoms with Crippen LogP contribution in [0, 0.1) is 5.92 Å². The van der Waals surface area contributed by atoms with Crippen LogP contribution in [0.5, 0.6) is 0 Å². The Kier molecular flexibility index (Phi) is 5.06. The maximum absolute atomic E-state index is 12.0. The number of anilines is 1. The van der Waals surface area contributed by atoms with Crippen molar-refractivity contribution in [3.8, 4) is 0 Å². The van der Waals surface area contributed by atoms with E-state index in [0.717, 1.165) is 10.8 Å². The highest BCUT2D eigenvalue weighted by molar-refractivity contribution is 7.94. The molecule has 1 aromatic carbocycles. The molecule has 0 aliphatic carbocycles. The third kappa shape index (κ3) is 3.89. The first-order chi connectivity index (χ1) is 10.7. The highest BCUT2D eigenvalue weighted by Gasteiger charge is 2.41. The van der Waals surface area contributed by atoms with Gasteiger partial charge < -0.3 is 10.2 Å². The van der Waals surface area contributed by atoms with E-state index in [0.29, 0.717) is 12.1 Å². The quantitative estimate of drug-likeness (QED) is 0.833. The third-order valence-electron chi connectivity index (χ3n) is 3.57. The first kappa shape index (κ1) is 17.4. The normalized spacial score (nSPS) is 20.1. The van der Waals surface area contributed by atoms with Crippen LogP contribution in [0.4, 0.5) is 5.69 Å². The van der Waals surface area contributed by atoms with Gasteiger partial charge in [0.05, 0.1) is 17.4 Å². The van der Waals surface area contributed by atoms with E-state index in [2.05, 4.69) is 5.32 Å². The lowest BCUT2D eigenvalue weighted by Crippen LogP contribution is -2.32. The van der Waals surface area contributed by atoms with Crippen molar-refractivity contribution < 1.29 is 18.0 Å². The number of hydrogen-bond acceptors (Lipinski definition) is 5. The Balaban J connectivity index is 2.11. The maximum atomic E-state index is 12.0. The summed E-state index contributed by atoms with van der Waals surface area (Å²) in [5.74, 6) is -1.40. The number of amides is 2. The summed E-state index contributed by atoms with van der Waals surface area (Å²) in [5.41, 5.74) is 0.689. The van der Waals surface area contributed by atoms with E-state index in [1.807, 2.05) is 19.0 Å². The first-order valence-electron chi connectivity index (χ1n) is 7.32. The van der Waals surface area contributed by atoms with E-state index >= 15 is 0 Å². The van der Waals surface area contributed by atoms with Gasteiger partial charge in [0.1, 0.15) is 0 Å². The van der Waals surface area contributed by atoms with Crippen molar-refractivity contribution in [3.05, 3.63) is 29.8 Å². The molecule has 7 nitrogen and oxygen atoms in total. The fourth-order valence-corrected chi connectivity index (χ4v) is 4.15. The van der Waals surface area contributed by atoms with E-state index in [4.69, 9.17) is 0 Å². The molecule has 0 saturated carbocycles. The monoisotopic (exact) mass is 339 g/mol. The predicted molar refractivity (Wildman–Crippen MR) is 87.8 cm³/mol. The zero-order valence-electron chi connectivity index (χ0n) is 13.4. The summed E-state index contributed by atoms with van der Waals surface area (Å²) < 4.78 is 24.9. The fraction of sp³-hybridized carbons (Fsp3) is 0.467. The molecule has 0 aromatic heterocycles. The van der Waals surface area contributed by atoms with Gasteiger partial charge in [-0.25, -0.2) is 12.7 Å². The van der Waals surface area contributed by atoms with E-state index in [1.165, 1.54) is 24.3 Å². The second-order valence-electron chi connectivity index (χ2n) is 5.89. The Labute approximate surface area is 136 Å². The zero-order chi connectivity index (χ0) is 17.2. The Hall–Kier alpha value is -1.93. The fourth-order valence-electron chi connectivity index (χ4n) is 2.33. The minimum Gasteiger partial charge on any atom is -0.351 e. The molecule has 2 amide bonds. The molecule has 1 aliphatic heterocycles. The molecule has 126 valence electrons. The number of likely N-dealkylation sites (N-methyl/N-ethyl adjacent to an activating group) is 1. The highest BCUT2D eigenvalue weighted by atomic mass is 32.2. The molecule has 0 bridgehead atoms. The van der Waals surface area contributed by atoms with Gasteiger partial charge in [-0.15, -0.1) is 0 Å². The molecule has 0 unspecified atom stereocenters. The van der Waals surface area contributed by atoms with Crippen LogP contribution in [0.25, 0.3) is 0 Å². The minimum atomic E-state index is -3.62. The van der Waals surface area contributed by atoms with Gasteiger partial charge in [0.2, 0.25) is 15.9 Å². The maximum Gasteiger partial charge on any atom is 0.251 e. The molecule has 1 atom stereocenters. The van der Waals surface area contributed by atoms with Gasteiger partial charge in [-0.1, -0.05) is 6.92 Å². The molecule has 1 N–H and O–H groups in total. The average Bonchev–Trinajstić information content (AvgIpc) is 2.67. The molecule has 2 rings (SSSR count). The molecule has 0 radical (unpaired) electrons. The van der Waals surface area contributed by atoms with Gasteiger partial charge in [0.25, 0.3) is 5.91 Å². The summed E-state index contributed by atoms with van der Waals surface area (Å²) in [6, 6.07) is 6.00. The molecule has 8 heteroatoms. The number of sulfonamides is 1. The number of nitrogens with one attached hydrogen (secondary N) is 1. The van der Waals surface area contributed by atoms with Crippen molar-refractivity contribution >= 4 is 27.5 Å². The minimum absolute atomic E-state index is 0.182. The SMILES string of the molecule is C[C@@H]1CS(=O)(=O)N(c2ccc(C(=O)NCCN(C)C)cc2)C1=O. The van der Waals surface area contributed by atoms with Gasteiger partial charge >= 0.3 is 0 Å². The van der Waals surface area contributed by atoms with Crippen LogP contribution in [-0.4, -0.2) is 58.1 Å². The second-order valence-corrected chi connectivity index (χ2v) is 7.75. The van der Waals surface area contributed by atoms with Crippen molar-refractivity contribution in [1.29, 1.82) is 0 Å². The Morgan fingerprint density at radius 3 is 2.39 bits per heavy atom. The lowest BCUT2D eigenvalue weighted by Gasteiger charge is -2.15. The van der Waals surface area contributed by atoms with Crippen molar-refractivity contribution in [3.63, 3.8) is 0 Å². The second kappa shape index (κ2) is 6.67. The predicted octanol–water partition coefficient (Wildman–Crippen LogP) is 0.291. The summed E-state index contributed by atoms with van der Waals surface area (Å²) >= 11 is 0. The molecular weight excluding hydrogens is 318 g/mol. The van der Waals surface area contributed by atoms with Crippen LogP contribution < -0.4 is 9.62 Å². The summed E-state index contributed by atoms with van der Waals surface area (Å²) in [5, 5.41) is 2.77. The number of rotatable bonds is 5. The average molecular weight is 339 g/mol.